The number of fused-ring (bicyclic) bond motifs is 1. The quantitative estimate of drug-likeness (QED) is 0.746. The van der Waals surface area contributed by atoms with E-state index in [1.807, 2.05) is 12.1 Å². The standard InChI is InChI=1S/C17H26N2O2/c1-3-17(4-2,12-20)11-19-16(21)15-9-13-7-5-6-8-14(13)10-18-15/h5-8,15,18,20H,3-4,9-12H2,1-2H3,(H,19,21)/t15-/m1/s1. The number of hydrogen-bond acceptors (Lipinski definition) is 3. The van der Waals surface area contributed by atoms with Gasteiger partial charge in [-0.05, 0) is 30.4 Å². The Morgan fingerprint density at radius 1 is 1.33 bits per heavy atom. The van der Waals surface area contributed by atoms with E-state index in [2.05, 4.69) is 36.6 Å². The largest absolute Gasteiger partial charge is 0.396 e. The fraction of sp³-hybridized carbons (Fsp3) is 0.588. The Balaban J connectivity index is 1.93. The van der Waals surface area contributed by atoms with Gasteiger partial charge in [-0.3, -0.25) is 4.79 Å². The minimum Gasteiger partial charge on any atom is -0.396 e. The van der Waals surface area contributed by atoms with Crippen molar-refractivity contribution in [3.05, 3.63) is 35.4 Å². The van der Waals surface area contributed by atoms with Crippen LogP contribution in [0.3, 0.4) is 0 Å². The molecule has 0 saturated carbocycles. The zero-order chi connectivity index (χ0) is 15.3. The third-order valence-corrected chi connectivity index (χ3v) is 4.87. The van der Waals surface area contributed by atoms with Crippen molar-refractivity contribution in [1.29, 1.82) is 0 Å². The van der Waals surface area contributed by atoms with Gasteiger partial charge in [0.15, 0.2) is 0 Å². The Labute approximate surface area is 126 Å². The second-order valence-electron chi connectivity index (χ2n) is 5.99. The van der Waals surface area contributed by atoms with Gasteiger partial charge in [-0.25, -0.2) is 0 Å². The average molecular weight is 290 g/mol. The molecular formula is C17H26N2O2. The Morgan fingerprint density at radius 3 is 2.62 bits per heavy atom. The molecule has 0 bridgehead atoms. The first kappa shape index (κ1) is 16.0. The van der Waals surface area contributed by atoms with Crippen LogP contribution in [0.5, 0.6) is 0 Å². The molecule has 1 heterocycles. The van der Waals surface area contributed by atoms with Crippen LogP contribution in [0, 0.1) is 5.41 Å². The smallest absolute Gasteiger partial charge is 0.237 e. The third-order valence-electron chi connectivity index (χ3n) is 4.87. The van der Waals surface area contributed by atoms with Crippen LogP contribution in [0.25, 0.3) is 0 Å². The van der Waals surface area contributed by atoms with E-state index < -0.39 is 0 Å². The summed E-state index contributed by atoms with van der Waals surface area (Å²) < 4.78 is 0. The summed E-state index contributed by atoms with van der Waals surface area (Å²) in [6, 6.07) is 8.06. The zero-order valence-corrected chi connectivity index (χ0v) is 13.0. The lowest BCUT2D eigenvalue weighted by Gasteiger charge is -2.31. The molecule has 1 aliphatic heterocycles. The summed E-state index contributed by atoms with van der Waals surface area (Å²) in [5.74, 6) is 0.0317. The number of carbonyl (C=O) groups is 1. The van der Waals surface area contributed by atoms with Gasteiger partial charge in [-0.1, -0.05) is 38.1 Å². The first-order valence-corrected chi connectivity index (χ1v) is 7.83. The van der Waals surface area contributed by atoms with Crippen LogP contribution in [0.2, 0.25) is 0 Å². The number of rotatable bonds is 6. The van der Waals surface area contributed by atoms with E-state index in [9.17, 15) is 9.90 Å². The number of hydrogen-bond donors (Lipinski definition) is 3. The summed E-state index contributed by atoms with van der Waals surface area (Å²) >= 11 is 0. The van der Waals surface area contributed by atoms with Crippen LogP contribution in [-0.2, 0) is 17.8 Å². The summed E-state index contributed by atoms with van der Waals surface area (Å²) in [4.78, 5) is 12.3. The lowest BCUT2D eigenvalue weighted by atomic mass is 9.83. The summed E-state index contributed by atoms with van der Waals surface area (Å²) in [5, 5.41) is 15.9. The highest BCUT2D eigenvalue weighted by Gasteiger charge is 2.29. The van der Waals surface area contributed by atoms with Crippen molar-refractivity contribution in [2.75, 3.05) is 13.2 Å². The molecule has 0 aliphatic carbocycles. The van der Waals surface area contributed by atoms with E-state index >= 15 is 0 Å². The van der Waals surface area contributed by atoms with E-state index in [0.717, 1.165) is 25.8 Å². The maximum atomic E-state index is 12.3. The van der Waals surface area contributed by atoms with E-state index in [0.29, 0.717) is 6.54 Å². The molecule has 0 fully saturated rings. The van der Waals surface area contributed by atoms with Crippen LogP contribution in [-0.4, -0.2) is 30.2 Å². The number of aliphatic hydroxyl groups excluding tert-OH is 1. The molecule has 4 nitrogen and oxygen atoms in total. The van der Waals surface area contributed by atoms with Gasteiger partial charge in [0, 0.05) is 18.5 Å². The van der Waals surface area contributed by atoms with Crippen molar-refractivity contribution in [1.82, 2.24) is 10.6 Å². The average Bonchev–Trinajstić information content (AvgIpc) is 2.56. The van der Waals surface area contributed by atoms with Crippen LogP contribution in [0.4, 0.5) is 0 Å². The minimum atomic E-state index is -0.192. The molecule has 0 saturated heterocycles. The van der Waals surface area contributed by atoms with Gasteiger partial charge in [0.2, 0.25) is 5.91 Å². The summed E-state index contributed by atoms with van der Waals surface area (Å²) in [5.41, 5.74) is 2.33. The van der Waals surface area contributed by atoms with Gasteiger partial charge in [0.05, 0.1) is 12.6 Å². The number of nitrogens with one attached hydrogen (secondary N) is 2. The van der Waals surface area contributed by atoms with Crippen LogP contribution >= 0.6 is 0 Å². The predicted octanol–water partition coefficient (Wildman–Crippen LogP) is 1.62. The van der Waals surface area contributed by atoms with Gasteiger partial charge in [0.25, 0.3) is 0 Å². The first-order chi connectivity index (χ1) is 10.1. The Morgan fingerprint density at radius 2 is 2.00 bits per heavy atom. The molecule has 0 unspecified atom stereocenters. The molecule has 0 spiro atoms. The second-order valence-corrected chi connectivity index (χ2v) is 5.99. The molecule has 2 rings (SSSR count). The maximum Gasteiger partial charge on any atom is 0.237 e. The summed E-state index contributed by atoms with van der Waals surface area (Å²) in [6.07, 6.45) is 2.45. The molecular weight excluding hydrogens is 264 g/mol. The number of aliphatic hydroxyl groups is 1. The molecule has 4 heteroatoms. The Kier molecular flexibility index (Phi) is 5.37. The molecule has 1 aromatic rings. The molecule has 1 amide bonds. The van der Waals surface area contributed by atoms with Gasteiger partial charge in [0.1, 0.15) is 0 Å². The maximum absolute atomic E-state index is 12.3. The predicted molar refractivity (Wildman–Crippen MR) is 83.9 cm³/mol. The van der Waals surface area contributed by atoms with Crippen molar-refractivity contribution >= 4 is 5.91 Å². The molecule has 1 atom stereocenters. The van der Waals surface area contributed by atoms with E-state index in [-0.39, 0.29) is 24.0 Å². The highest BCUT2D eigenvalue weighted by molar-refractivity contribution is 5.82. The molecule has 116 valence electrons. The molecule has 0 aromatic heterocycles. The van der Waals surface area contributed by atoms with Gasteiger partial charge in [-0.15, -0.1) is 0 Å². The number of benzene rings is 1. The normalized spacial score (nSPS) is 18.1. The minimum absolute atomic E-state index is 0.0317. The topological polar surface area (TPSA) is 61.4 Å². The monoisotopic (exact) mass is 290 g/mol. The molecule has 1 aliphatic rings. The fourth-order valence-electron chi connectivity index (χ4n) is 2.82. The molecule has 1 aromatic carbocycles. The Hall–Kier alpha value is -1.39. The second kappa shape index (κ2) is 7.05. The first-order valence-electron chi connectivity index (χ1n) is 7.83. The summed E-state index contributed by atoms with van der Waals surface area (Å²) in [6.45, 7) is 5.50. The van der Waals surface area contributed by atoms with Crippen molar-refractivity contribution in [2.24, 2.45) is 5.41 Å². The van der Waals surface area contributed by atoms with E-state index in [1.165, 1.54) is 11.1 Å². The lowest BCUT2D eigenvalue weighted by Crippen LogP contribution is -2.50. The van der Waals surface area contributed by atoms with E-state index in [4.69, 9.17) is 0 Å². The van der Waals surface area contributed by atoms with Gasteiger partial charge >= 0.3 is 0 Å². The van der Waals surface area contributed by atoms with E-state index in [1.54, 1.807) is 0 Å². The van der Waals surface area contributed by atoms with Gasteiger partial charge in [-0.2, -0.15) is 0 Å². The molecule has 3 N–H and O–H groups in total. The molecule has 21 heavy (non-hydrogen) atoms. The SMILES string of the molecule is CCC(CC)(CO)CNC(=O)[C@H]1Cc2ccccc2CN1. The van der Waals surface area contributed by atoms with Crippen molar-refractivity contribution in [3.63, 3.8) is 0 Å². The van der Waals surface area contributed by atoms with Crippen molar-refractivity contribution in [2.45, 2.75) is 45.7 Å². The molecule has 0 radical (unpaired) electrons. The van der Waals surface area contributed by atoms with Crippen LogP contribution in [0.15, 0.2) is 24.3 Å². The number of amides is 1. The highest BCUT2D eigenvalue weighted by atomic mass is 16.3. The van der Waals surface area contributed by atoms with Crippen molar-refractivity contribution in [3.8, 4) is 0 Å². The van der Waals surface area contributed by atoms with Crippen LogP contribution in [0.1, 0.15) is 37.8 Å². The lowest BCUT2D eigenvalue weighted by molar-refractivity contribution is -0.124. The Bertz CT molecular complexity index is 475. The van der Waals surface area contributed by atoms with Crippen LogP contribution < -0.4 is 10.6 Å². The van der Waals surface area contributed by atoms with Gasteiger partial charge < -0.3 is 15.7 Å². The third kappa shape index (κ3) is 3.63. The summed E-state index contributed by atoms with van der Waals surface area (Å²) in [7, 11) is 0. The zero-order valence-electron chi connectivity index (χ0n) is 13.0. The fourth-order valence-corrected chi connectivity index (χ4v) is 2.82. The highest BCUT2D eigenvalue weighted by Crippen LogP contribution is 2.24. The van der Waals surface area contributed by atoms with Crippen molar-refractivity contribution < 1.29 is 9.90 Å². The number of carbonyl (C=O) groups excluding carboxylic acids is 1.